The van der Waals surface area contributed by atoms with E-state index >= 15 is 0 Å². The van der Waals surface area contributed by atoms with Gasteiger partial charge in [0.1, 0.15) is 5.69 Å². The van der Waals surface area contributed by atoms with Crippen molar-refractivity contribution in [2.45, 2.75) is 13.0 Å². The molecule has 0 bridgehead atoms. The largest absolute Gasteiger partial charge is 0.399 e. The highest BCUT2D eigenvalue weighted by molar-refractivity contribution is 5.98. The van der Waals surface area contributed by atoms with Crippen molar-refractivity contribution in [2.75, 3.05) is 32.9 Å². The molecule has 0 aliphatic carbocycles. The molecular formula is C16H22N4O. The van der Waals surface area contributed by atoms with Crippen LogP contribution in [0.25, 0.3) is 10.9 Å². The molecule has 1 fully saturated rings. The summed E-state index contributed by atoms with van der Waals surface area (Å²) < 4.78 is 0. The zero-order valence-corrected chi connectivity index (χ0v) is 12.8. The summed E-state index contributed by atoms with van der Waals surface area (Å²) >= 11 is 0. The van der Waals surface area contributed by atoms with Crippen molar-refractivity contribution < 1.29 is 4.79 Å². The Hall–Kier alpha value is -2.01. The summed E-state index contributed by atoms with van der Waals surface area (Å²) in [5.41, 5.74) is 8.09. The highest BCUT2D eigenvalue weighted by Gasteiger charge is 2.34. The van der Waals surface area contributed by atoms with Gasteiger partial charge < -0.3 is 20.5 Å². The van der Waals surface area contributed by atoms with E-state index in [9.17, 15) is 4.79 Å². The number of rotatable bonds is 2. The van der Waals surface area contributed by atoms with Crippen molar-refractivity contribution in [3.8, 4) is 0 Å². The van der Waals surface area contributed by atoms with Gasteiger partial charge in [0.05, 0.1) is 0 Å². The average molecular weight is 286 g/mol. The zero-order chi connectivity index (χ0) is 15.1. The standard InChI is InChI=1S/C16H22N4O/c1-10-8-20(9-15(10)19(2)3)16(21)14-7-11-6-12(17)4-5-13(11)18-14/h4-7,10,15,18H,8-9,17H2,1-3H3. The fourth-order valence-electron chi connectivity index (χ4n) is 3.22. The van der Waals surface area contributed by atoms with E-state index in [-0.39, 0.29) is 5.91 Å². The van der Waals surface area contributed by atoms with Crippen molar-refractivity contribution in [3.63, 3.8) is 0 Å². The van der Waals surface area contributed by atoms with E-state index < -0.39 is 0 Å². The number of likely N-dealkylation sites (N-methyl/N-ethyl adjacent to an activating group) is 1. The Bertz CT molecular complexity index is 676. The van der Waals surface area contributed by atoms with Gasteiger partial charge in [-0.15, -0.1) is 0 Å². The molecule has 1 saturated heterocycles. The number of benzene rings is 1. The van der Waals surface area contributed by atoms with E-state index in [1.54, 1.807) is 0 Å². The first kappa shape index (κ1) is 13.9. The first-order valence-electron chi connectivity index (χ1n) is 7.29. The first-order valence-corrected chi connectivity index (χ1v) is 7.29. The number of nitrogen functional groups attached to an aromatic ring is 1. The predicted molar refractivity (Wildman–Crippen MR) is 85.3 cm³/mol. The third-order valence-electron chi connectivity index (χ3n) is 4.40. The molecule has 1 aliphatic heterocycles. The van der Waals surface area contributed by atoms with Crippen molar-refractivity contribution in [2.24, 2.45) is 5.92 Å². The van der Waals surface area contributed by atoms with Crippen LogP contribution in [0.3, 0.4) is 0 Å². The molecule has 2 unspecified atom stereocenters. The Kier molecular flexibility index (Phi) is 3.37. The van der Waals surface area contributed by atoms with Gasteiger partial charge in [0.15, 0.2) is 0 Å². The fourth-order valence-corrected chi connectivity index (χ4v) is 3.22. The maximum atomic E-state index is 12.7. The van der Waals surface area contributed by atoms with Crippen LogP contribution >= 0.6 is 0 Å². The fraction of sp³-hybridized carbons (Fsp3) is 0.438. The van der Waals surface area contributed by atoms with Crippen LogP contribution in [0.1, 0.15) is 17.4 Å². The third-order valence-corrected chi connectivity index (χ3v) is 4.40. The lowest BCUT2D eigenvalue weighted by Gasteiger charge is -2.22. The molecule has 0 radical (unpaired) electrons. The van der Waals surface area contributed by atoms with Crippen molar-refractivity contribution >= 4 is 22.5 Å². The lowest BCUT2D eigenvalue weighted by atomic mass is 10.1. The van der Waals surface area contributed by atoms with Crippen LogP contribution in [0.15, 0.2) is 24.3 Å². The normalized spacial score (nSPS) is 22.4. The van der Waals surface area contributed by atoms with Gasteiger partial charge in [-0.3, -0.25) is 4.79 Å². The van der Waals surface area contributed by atoms with Gasteiger partial charge in [0, 0.05) is 35.7 Å². The number of hydrogen-bond acceptors (Lipinski definition) is 3. The van der Waals surface area contributed by atoms with Crippen LogP contribution in [-0.2, 0) is 0 Å². The summed E-state index contributed by atoms with van der Waals surface area (Å²) in [6, 6.07) is 7.96. The molecule has 3 rings (SSSR count). The molecule has 2 atom stereocenters. The van der Waals surface area contributed by atoms with Crippen LogP contribution in [0.4, 0.5) is 5.69 Å². The maximum Gasteiger partial charge on any atom is 0.270 e. The lowest BCUT2D eigenvalue weighted by Crippen LogP contribution is -2.35. The Morgan fingerprint density at radius 1 is 1.33 bits per heavy atom. The summed E-state index contributed by atoms with van der Waals surface area (Å²) in [4.78, 5) is 20.0. The lowest BCUT2D eigenvalue weighted by molar-refractivity contribution is 0.0776. The molecule has 21 heavy (non-hydrogen) atoms. The molecule has 5 heteroatoms. The number of fused-ring (bicyclic) bond motifs is 1. The predicted octanol–water partition coefficient (Wildman–Crippen LogP) is 1.77. The highest BCUT2D eigenvalue weighted by atomic mass is 16.2. The van der Waals surface area contributed by atoms with Crippen molar-refractivity contribution in [1.82, 2.24) is 14.8 Å². The van der Waals surface area contributed by atoms with Gasteiger partial charge in [-0.1, -0.05) is 6.92 Å². The van der Waals surface area contributed by atoms with Crippen molar-refractivity contribution in [3.05, 3.63) is 30.0 Å². The van der Waals surface area contributed by atoms with Gasteiger partial charge in [0.2, 0.25) is 0 Å². The Balaban J connectivity index is 1.84. The molecule has 1 aliphatic rings. The number of aromatic nitrogens is 1. The molecular weight excluding hydrogens is 264 g/mol. The van der Waals surface area contributed by atoms with Crippen LogP contribution in [0.2, 0.25) is 0 Å². The number of carbonyl (C=O) groups is 1. The monoisotopic (exact) mass is 286 g/mol. The number of anilines is 1. The van der Waals surface area contributed by atoms with Crippen LogP contribution in [0.5, 0.6) is 0 Å². The Labute approximate surface area is 124 Å². The summed E-state index contributed by atoms with van der Waals surface area (Å²) in [6.45, 7) is 3.79. The van der Waals surface area contributed by atoms with E-state index in [0.717, 1.165) is 24.0 Å². The van der Waals surface area contributed by atoms with Crippen molar-refractivity contribution in [1.29, 1.82) is 0 Å². The van der Waals surface area contributed by atoms with Gasteiger partial charge >= 0.3 is 0 Å². The van der Waals surface area contributed by atoms with E-state index in [0.29, 0.717) is 23.3 Å². The topological polar surface area (TPSA) is 65.4 Å². The summed E-state index contributed by atoms with van der Waals surface area (Å²) in [6.07, 6.45) is 0. The first-order chi connectivity index (χ1) is 9.95. The van der Waals surface area contributed by atoms with E-state index in [1.165, 1.54) is 0 Å². The van der Waals surface area contributed by atoms with Gasteiger partial charge in [-0.05, 0) is 44.3 Å². The number of nitrogens with zero attached hydrogens (tertiary/aromatic N) is 2. The van der Waals surface area contributed by atoms with Gasteiger partial charge in [-0.2, -0.15) is 0 Å². The maximum absolute atomic E-state index is 12.7. The Morgan fingerprint density at radius 3 is 2.76 bits per heavy atom. The smallest absolute Gasteiger partial charge is 0.270 e. The third kappa shape index (κ3) is 2.49. The second-order valence-corrected chi connectivity index (χ2v) is 6.25. The molecule has 2 aromatic rings. The molecule has 3 N–H and O–H groups in total. The number of hydrogen-bond donors (Lipinski definition) is 2. The number of H-pyrrole nitrogens is 1. The minimum absolute atomic E-state index is 0.0703. The molecule has 1 aromatic heterocycles. The SMILES string of the molecule is CC1CN(C(=O)c2cc3cc(N)ccc3[nH]2)CC1N(C)C. The summed E-state index contributed by atoms with van der Waals surface area (Å²) in [5.74, 6) is 0.560. The molecule has 5 nitrogen and oxygen atoms in total. The average Bonchev–Trinajstić information content (AvgIpc) is 3.00. The quantitative estimate of drug-likeness (QED) is 0.827. The van der Waals surface area contributed by atoms with Crippen LogP contribution < -0.4 is 5.73 Å². The molecule has 2 heterocycles. The second kappa shape index (κ2) is 5.07. The number of amides is 1. The molecule has 0 spiro atoms. The Morgan fingerprint density at radius 2 is 2.10 bits per heavy atom. The molecule has 1 amide bonds. The molecule has 112 valence electrons. The van der Waals surface area contributed by atoms with E-state index in [1.807, 2.05) is 29.2 Å². The minimum atomic E-state index is 0.0703. The van der Waals surface area contributed by atoms with Crippen LogP contribution in [0, 0.1) is 5.92 Å². The highest BCUT2D eigenvalue weighted by Crippen LogP contribution is 2.24. The summed E-state index contributed by atoms with van der Waals surface area (Å²) in [7, 11) is 4.14. The second-order valence-electron chi connectivity index (χ2n) is 6.25. The number of nitrogens with one attached hydrogen (secondary N) is 1. The minimum Gasteiger partial charge on any atom is -0.399 e. The molecule has 1 aromatic carbocycles. The number of aromatic amines is 1. The van der Waals surface area contributed by atoms with Crippen LogP contribution in [-0.4, -0.2) is 53.9 Å². The number of carbonyl (C=O) groups excluding carboxylic acids is 1. The zero-order valence-electron chi connectivity index (χ0n) is 12.8. The number of nitrogens with two attached hydrogens (primary N) is 1. The van der Waals surface area contributed by atoms with E-state index in [2.05, 4.69) is 30.9 Å². The number of likely N-dealkylation sites (tertiary alicyclic amines) is 1. The molecule has 0 saturated carbocycles. The summed E-state index contributed by atoms with van der Waals surface area (Å²) in [5, 5.41) is 0.981. The van der Waals surface area contributed by atoms with E-state index in [4.69, 9.17) is 5.73 Å². The van der Waals surface area contributed by atoms with Gasteiger partial charge in [-0.25, -0.2) is 0 Å². The van der Waals surface area contributed by atoms with Gasteiger partial charge in [0.25, 0.3) is 5.91 Å².